The van der Waals surface area contributed by atoms with Gasteiger partial charge in [-0.15, -0.1) is 0 Å². The molecule has 0 aromatic carbocycles. The molecule has 2 saturated carbocycles. The lowest BCUT2D eigenvalue weighted by atomic mass is 9.81. The maximum Gasteiger partial charge on any atom is 0.173 e. The predicted molar refractivity (Wildman–Crippen MR) is 90.8 cm³/mol. The van der Waals surface area contributed by atoms with Crippen LogP contribution in [0.5, 0.6) is 0 Å². The van der Waals surface area contributed by atoms with Crippen LogP contribution in [0.2, 0.25) is 5.02 Å². The normalized spacial score (nSPS) is 25.6. The minimum Gasteiger partial charge on any atom is -0.506 e. The molecule has 0 unspecified atom stereocenters. The third-order valence-electron chi connectivity index (χ3n) is 5.21. The third-order valence-corrected chi connectivity index (χ3v) is 5.50. The van der Waals surface area contributed by atoms with E-state index in [1.54, 1.807) is 18.5 Å². The maximum atomic E-state index is 12.6. The van der Waals surface area contributed by atoms with Crippen molar-refractivity contribution in [3.63, 3.8) is 0 Å². The number of Topliss-reactive ketones (excluding diaryl/α,β-unsaturated/α-hetero) is 2. The number of nitrogens with zero attached hydrogens (tertiary/aromatic N) is 2. The Morgan fingerprint density at radius 1 is 1.33 bits per heavy atom. The largest absolute Gasteiger partial charge is 0.506 e. The highest BCUT2D eigenvalue weighted by Gasteiger charge is 2.45. The fourth-order valence-electron chi connectivity index (χ4n) is 3.96. The molecule has 2 atom stereocenters. The second-order valence-corrected chi connectivity index (χ2v) is 6.89. The van der Waals surface area contributed by atoms with Crippen molar-refractivity contribution < 1.29 is 14.7 Å². The van der Waals surface area contributed by atoms with E-state index in [1.165, 1.54) is 0 Å². The first-order valence-corrected chi connectivity index (χ1v) is 8.56. The van der Waals surface area contributed by atoms with E-state index in [-0.39, 0.29) is 34.7 Å². The number of hydrogen-bond donors (Lipinski definition) is 1. The Hall–Kier alpha value is -2.14. The lowest BCUT2D eigenvalue weighted by Crippen LogP contribution is -2.30. The minimum atomic E-state index is -0.259. The number of aryl methyl sites for hydroxylation is 1. The molecule has 0 spiro atoms. The molecule has 2 heterocycles. The SMILES string of the molecule is CCn1cc(Cl)c2c(C(O)=C3C(=O)[C@@H]4CC[C@@H](C4)C3=O)ccnc21. The second kappa shape index (κ2) is 5.45. The van der Waals surface area contributed by atoms with Crippen molar-refractivity contribution >= 4 is 40.0 Å². The van der Waals surface area contributed by atoms with Gasteiger partial charge < -0.3 is 9.67 Å². The van der Waals surface area contributed by atoms with Crippen LogP contribution in [-0.4, -0.2) is 26.2 Å². The van der Waals surface area contributed by atoms with Crippen LogP contribution in [0.4, 0.5) is 0 Å². The summed E-state index contributed by atoms with van der Waals surface area (Å²) in [5.41, 5.74) is 0.975. The van der Waals surface area contributed by atoms with E-state index < -0.39 is 0 Å². The van der Waals surface area contributed by atoms with Crippen LogP contribution in [0.15, 0.2) is 24.0 Å². The molecule has 6 heteroatoms. The first-order chi connectivity index (χ1) is 11.5. The van der Waals surface area contributed by atoms with E-state index in [1.807, 2.05) is 11.5 Å². The fourth-order valence-corrected chi connectivity index (χ4v) is 4.26. The molecule has 2 aromatic rings. The molecule has 5 nitrogen and oxygen atoms in total. The van der Waals surface area contributed by atoms with Crippen LogP contribution in [0, 0.1) is 11.8 Å². The van der Waals surface area contributed by atoms with Crippen molar-refractivity contribution in [1.82, 2.24) is 9.55 Å². The Balaban J connectivity index is 1.96. The van der Waals surface area contributed by atoms with Crippen molar-refractivity contribution in [2.24, 2.45) is 11.8 Å². The Bertz CT molecular complexity index is 888. The van der Waals surface area contributed by atoms with Gasteiger partial charge >= 0.3 is 0 Å². The van der Waals surface area contributed by atoms with Gasteiger partial charge in [0.05, 0.1) is 5.02 Å². The Morgan fingerprint density at radius 2 is 2.00 bits per heavy atom. The molecule has 124 valence electrons. The first kappa shape index (κ1) is 15.4. The summed E-state index contributed by atoms with van der Waals surface area (Å²) in [6, 6.07) is 1.60. The molecular formula is C18H17ClN2O3. The van der Waals surface area contributed by atoms with Gasteiger partial charge in [0, 0.05) is 41.7 Å². The van der Waals surface area contributed by atoms with E-state index in [2.05, 4.69) is 4.98 Å². The molecule has 2 aliphatic rings. The molecule has 0 radical (unpaired) electrons. The zero-order chi connectivity index (χ0) is 17.0. The molecule has 2 aromatic heterocycles. The van der Waals surface area contributed by atoms with Crippen molar-refractivity contribution in [2.75, 3.05) is 0 Å². The number of rotatable bonds is 2. The van der Waals surface area contributed by atoms with Gasteiger partial charge in [-0.25, -0.2) is 4.98 Å². The number of ketones is 2. The summed E-state index contributed by atoms with van der Waals surface area (Å²) in [4.78, 5) is 29.5. The summed E-state index contributed by atoms with van der Waals surface area (Å²) < 4.78 is 1.87. The standard InChI is InChI=1S/C18H17ClN2O3/c1-2-21-8-12(19)13-11(5-6-20-18(13)21)17(24)14-15(22)9-3-4-10(7-9)16(14)23/h5-6,8-10,24H,2-4,7H2,1H3/t9-,10+. The van der Waals surface area contributed by atoms with Crippen molar-refractivity contribution in [2.45, 2.75) is 32.7 Å². The minimum absolute atomic E-state index is 0.0541. The summed E-state index contributed by atoms with van der Waals surface area (Å²) in [5.74, 6) is -1.01. The molecule has 0 amide bonds. The van der Waals surface area contributed by atoms with Gasteiger partial charge in [-0.05, 0) is 32.3 Å². The molecule has 4 rings (SSSR count). The first-order valence-electron chi connectivity index (χ1n) is 8.18. The number of aromatic nitrogens is 2. The average molecular weight is 345 g/mol. The van der Waals surface area contributed by atoms with E-state index >= 15 is 0 Å². The van der Waals surface area contributed by atoms with Crippen molar-refractivity contribution in [3.05, 3.63) is 34.6 Å². The predicted octanol–water partition coefficient (Wildman–Crippen LogP) is 3.55. The zero-order valence-corrected chi connectivity index (χ0v) is 14.0. The van der Waals surface area contributed by atoms with E-state index in [9.17, 15) is 14.7 Å². The molecule has 2 bridgehead atoms. The van der Waals surface area contributed by atoms with Gasteiger partial charge in [0.25, 0.3) is 0 Å². The maximum absolute atomic E-state index is 12.6. The average Bonchev–Trinajstić information content (AvgIpc) is 3.16. The number of aliphatic hydroxyl groups is 1. The quantitative estimate of drug-likeness (QED) is 0.513. The van der Waals surface area contributed by atoms with E-state index in [4.69, 9.17) is 11.6 Å². The zero-order valence-electron chi connectivity index (χ0n) is 13.3. The number of carbonyl (C=O) groups excluding carboxylic acids is 2. The molecule has 0 aliphatic heterocycles. The van der Waals surface area contributed by atoms with Crippen LogP contribution >= 0.6 is 11.6 Å². The second-order valence-electron chi connectivity index (χ2n) is 6.48. The van der Waals surface area contributed by atoms with Gasteiger partial charge in [-0.2, -0.15) is 0 Å². The highest BCUT2D eigenvalue weighted by Crippen LogP contribution is 2.42. The van der Waals surface area contributed by atoms with E-state index in [0.29, 0.717) is 34.6 Å². The van der Waals surface area contributed by atoms with Crippen LogP contribution in [-0.2, 0) is 16.1 Å². The number of halogens is 1. The molecule has 0 saturated heterocycles. The smallest absolute Gasteiger partial charge is 0.173 e. The summed E-state index contributed by atoms with van der Waals surface area (Å²) in [6.07, 6.45) is 5.38. The molecule has 24 heavy (non-hydrogen) atoms. The topological polar surface area (TPSA) is 72.2 Å². The third kappa shape index (κ3) is 2.04. The fraction of sp³-hybridized carbons (Fsp3) is 0.389. The summed E-state index contributed by atoms with van der Waals surface area (Å²) in [5, 5.41) is 11.8. The summed E-state index contributed by atoms with van der Waals surface area (Å²) >= 11 is 6.32. The summed E-state index contributed by atoms with van der Waals surface area (Å²) in [6.45, 7) is 2.65. The number of pyridine rings is 1. The van der Waals surface area contributed by atoms with Gasteiger partial charge in [0.1, 0.15) is 17.0 Å². The monoisotopic (exact) mass is 344 g/mol. The van der Waals surface area contributed by atoms with Gasteiger partial charge in [-0.1, -0.05) is 11.6 Å². The van der Waals surface area contributed by atoms with Gasteiger partial charge in [-0.3, -0.25) is 9.59 Å². The number of aliphatic hydroxyl groups excluding tert-OH is 1. The van der Waals surface area contributed by atoms with Gasteiger partial charge in [0.15, 0.2) is 11.6 Å². The van der Waals surface area contributed by atoms with Crippen LogP contribution in [0.25, 0.3) is 16.8 Å². The lowest BCUT2D eigenvalue weighted by molar-refractivity contribution is -0.127. The number of allylic oxidation sites excluding steroid dienone is 1. The van der Waals surface area contributed by atoms with Crippen molar-refractivity contribution in [3.8, 4) is 0 Å². The number of fused-ring (bicyclic) bond motifs is 3. The highest BCUT2D eigenvalue weighted by molar-refractivity contribution is 6.36. The lowest BCUT2D eigenvalue weighted by Gasteiger charge is -2.20. The Labute approximate surface area is 143 Å². The van der Waals surface area contributed by atoms with Crippen LogP contribution in [0.3, 0.4) is 0 Å². The van der Waals surface area contributed by atoms with Crippen LogP contribution < -0.4 is 0 Å². The molecular weight excluding hydrogens is 328 g/mol. The van der Waals surface area contributed by atoms with E-state index in [0.717, 1.165) is 12.8 Å². The number of carbonyl (C=O) groups is 2. The Morgan fingerprint density at radius 3 is 2.62 bits per heavy atom. The summed E-state index contributed by atoms with van der Waals surface area (Å²) in [7, 11) is 0. The molecule has 1 N–H and O–H groups in total. The molecule has 2 aliphatic carbocycles. The Kier molecular flexibility index (Phi) is 3.49. The van der Waals surface area contributed by atoms with Gasteiger partial charge in [0.2, 0.25) is 0 Å². The highest BCUT2D eigenvalue weighted by atomic mass is 35.5. The molecule has 2 fully saturated rings. The van der Waals surface area contributed by atoms with Crippen LogP contribution in [0.1, 0.15) is 31.7 Å². The number of hydrogen-bond acceptors (Lipinski definition) is 4. The van der Waals surface area contributed by atoms with Crippen molar-refractivity contribution in [1.29, 1.82) is 0 Å².